The van der Waals surface area contributed by atoms with Gasteiger partial charge in [-0.25, -0.2) is 0 Å². The van der Waals surface area contributed by atoms with Gasteiger partial charge in [0.2, 0.25) is 0 Å². The van der Waals surface area contributed by atoms with Crippen LogP contribution in [0.2, 0.25) is 0 Å². The van der Waals surface area contributed by atoms with E-state index >= 15 is 0 Å². The van der Waals surface area contributed by atoms with Gasteiger partial charge in [-0.1, -0.05) is 42.5 Å². The predicted octanol–water partition coefficient (Wildman–Crippen LogP) is 2.86. The standard InChI is InChI=1S/C15H18N2OS2/c16-11-14(20-12-13-4-2-1-3-5-13)10-15(19)17-6-8-18-9-7-17/h1-5,14H,6-10,12H2. The molecule has 106 valence electrons. The lowest BCUT2D eigenvalue weighted by atomic mass is 10.2. The van der Waals surface area contributed by atoms with Gasteiger partial charge in [-0.2, -0.15) is 5.26 Å². The van der Waals surface area contributed by atoms with Gasteiger partial charge in [0.25, 0.3) is 0 Å². The molecule has 5 heteroatoms. The van der Waals surface area contributed by atoms with Crippen LogP contribution in [-0.4, -0.2) is 41.4 Å². The van der Waals surface area contributed by atoms with Crippen molar-refractivity contribution >= 4 is 29.0 Å². The van der Waals surface area contributed by atoms with Crippen LogP contribution in [0.4, 0.5) is 0 Å². The molecule has 0 bridgehead atoms. The van der Waals surface area contributed by atoms with E-state index in [4.69, 9.17) is 17.0 Å². The summed E-state index contributed by atoms with van der Waals surface area (Å²) in [4.78, 5) is 3.05. The number of morpholine rings is 1. The third kappa shape index (κ3) is 4.78. The van der Waals surface area contributed by atoms with Gasteiger partial charge in [-0.3, -0.25) is 0 Å². The Morgan fingerprint density at radius 3 is 2.70 bits per heavy atom. The summed E-state index contributed by atoms with van der Waals surface area (Å²) in [7, 11) is 0. The minimum absolute atomic E-state index is 0.0782. The second kappa shape index (κ2) is 8.25. The van der Waals surface area contributed by atoms with Crippen LogP contribution in [0, 0.1) is 11.3 Å². The number of hydrogen-bond acceptors (Lipinski definition) is 4. The van der Waals surface area contributed by atoms with Crippen LogP contribution in [0.3, 0.4) is 0 Å². The lowest BCUT2D eigenvalue weighted by Gasteiger charge is -2.29. The van der Waals surface area contributed by atoms with Crippen molar-refractivity contribution < 1.29 is 4.74 Å². The highest BCUT2D eigenvalue weighted by Gasteiger charge is 2.18. The Balaban J connectivity index is 1.80. The first-order valence-electron chi connectivity index (χ1n) is 6.70. The molecule has 1 aliphatic rings. The molecule has 2 rings (SSSR count). The van der Waals surface area contributed by atoms with Gasteiger partial charge in [-0.05, 0) is 5.56 Å². The lowest BCUT2D eigenvalue weighted by Crippen LogP contribution is -2.40. The van der Waals surface area contributed by atoms with Crippen molar-refractivity contribution in [1.29, 1.82) is 5.26 Å². The van der Waals surface area contributed by atoms with Crippen molar-refractivity contribution in [2.75, 3.05) is 26.3 Å². The number of rotatable bonds is 5. The molecule has 1 heterocycles. The van der Waals surface area contributed by atoms with E-state index in [0.717, 1.165) is 37.0 Å². The molecule has 1 aliphatic heterocycles. The minimum Gasteiger partial charge on any atom is -0.378 e. The molecular weight excluding hydrogens is 288 g/mol. The van der Waals surface area contributed by atoms with Crippen molar-refractivity contribution in [3.8, 4) is 6.07 Å². The Hall–Kier alpha value is -1.09. The summed E-state index contributed by atoms with van der Waals surface area (Å²) in [6.45, 7) is 3.16. The van der Waals surface area contributed by atoms with Crippen LogP contribution in [0.5, 0.6) is 0 Å². The normalized spacial score (nSPS) is 16.4. The van der Waals surface area contributed by atoms with E-state index in [0.29, 0.717) is 6.42 Å². The summed E-state index contributed by atoms with van der Waals surface area (Å²) in [6, 6.07) is 12.6. The molecular formula is C15H18N2OS2. The van der Waals surface area contributed by atoms with E-state index in [9.17, 15) is 5.26 Å². The van der Waals surface area contributed by atoms with Gasteiger partial charge in [-0.15, -0.1) is 11.8 Å². The lowest BCUT2D eigenvalue weighted by molar-refractivity contribution is 0.0683. The summed E-state index contributed by atoms with van der Waals surface area (Å²) in [5.41, 5.74) is 1.25. The number of thioether (sulfide) groups is 1. The van der Waals surface area contributed by atoms with Crippen molar-refractivity contribution in [2.24, 2.45) is 0 Å². The maximum absolute atomic E-state index is 9.28. The molecule has 1 unspecified atom stereocenters. The largest absolute Gasteiger partial charge is 0.378 e. The van der Waals surface area contributed by atoms with Crippen molar-refractivity contribution in [3.63, 3.8) is 0 Å². The average Bonchev–Trinajstić information content (AvgIpc) is 2.53. The zero-order valence-corrected chi connectivity index (χ0v) is 13.0. The minimum atomic E-state index is -0.0782. The summed E-state index contributed by atoms with van der Waals surface area (Å²) in [5.74, 6) is 0.852. The number of nitrogens with zero attached hydrogens (tertiary/aromatic N) is 2. The number of hydrogen-bond donors (Lipinski definition) is 0. The van der Waals surface area contributed by atoms with Crippen LogP contribution < -0.4 is 0 Å². The second-order valence-corrected chi connectivity index (χ2v) is 6.27. The Bertz CT molecular complexity index is 467. The fourth-order valence-corrected chi connectivity index (χ4v) is 3.40. The molecule has 0 radical (unpaired) electrons. The molecule has 1 aromatic rings. The summed E-state index contributed by atoms with van der Waals surface area (Å²) in [5, 5.41) is 9.20. The molecule has 0 aliphatic carbocycles. The van der Waals surface area contributed by atoms with Gasteiger partial charge in [0, 0.05) is 25.3 Å². The maximum Gasteiger partial charge on any atom is 0.0982 e. The monoisotopic (exact) mass is 306 g/mol. The summed E-state index contributed by atoms with van der Waals surface area (Å²) >= 11 is 7.11. The van der Waals surface area contributed by atoms with Crippen molar-refractivity contribution in [2.45, 2.75) is 17.4 Å². The number of benzene rings is 1. The zero-order valence-electron chi connectivity index (χ0n) is 11.3. The highest BCUT2D eigenvalue weighted by Crippen LogP contribution is 2.21. The highest BCUT2D eigenvalue weighted by atomic mass is 32.2. The Morgan fingerprint density at radius 1 is 1.35 bits per heavy atom. The first-order chi connectivity index (χ1) is 9.79. The van der Waals surface area contributed by atoms with Gasteiger partial charge < -0.3 is 9.64 Å². The molecule has 0 spiro atoms. The molecule has 3 nitrogen and oxygen atoms in total. The SMILES string of the molecule is N#CC(CC(=S)N1CCOCC1)SCc1ccccc1. The second-order valence-electron chi connectivity index (χ2n) is 4.61. The quantitative estimate of drug-likeness (QED) is 0.782. The van der Waals surface area contributed by atoms with Crippen LogP contribution in [0.1, 0.15) is 12.0 Å². The van der Waals surface area contributed by atoms with Gasteiger partial charge in [0.05, 0.1) is 29.5 Å². The summed E-state index contributed by atoms with van der Waals surface area (Å²) < 4.78 is 5.32. The number of ether oxygens (including phenoxy) is 1. The van der Waals surface area contributed by atoms with E-state index in [1.165, 1.54) is 5.56 Å². The fraction of sp³-hybridized carbons (Fsp3) is 0.467. The molecule has 1 aromatic carbocycles. The molecule has 0 N–H and O–H groups in total. The van der Waals surface area contributed by atoms with E-state index in [1.807, 2.05) is 18.2 Å². The number of thiocarbonyl (C=S) groups is 1. The summed E-state index contributed by atoms with van der Waals surface area (Å²) in [6.07, 6.45) is 0.656. The average molecular weight is 306 g/mol. The Kier molecular flexibility index (Phi) is 6.31. The van der Waals surface area contributed by atoms with Crippen molar-refractivity contribution in [3.05, 3.63) is 35.9 Å². The topological polar surface area (TPSA) is 36.3 Å². The molecule has 20 heavy (non-hydrogen) atoms. The Labute approximate surface area is 129 Å². The maximum atomic E-state index is 9.28. The number of nitriles is 1. The van der Waals surface area contributed by atoms with E-state index in [-0.39, 0.29) is 5.25 Å². The first-order valence-corrected chi connectivity index (χ1v) is 8.16. The Morgan fingerprint density at radius 2 is 2.05 bits per heavy atom. The van der Waals surface area contributed by atoms with E-state index in [1.54, 1.807) is 11.8 Å². The third-order valence-electron chi connectivity index (χ3n) is 3.16. The molecule has 1 atom stereocenters. The van der Waals surface area contributed by atoms with E-state index in [2.05, 4.69) is 23.1 Å². The van der Waals surface area contributed by atoms with Crippen LogP contribution in [0.25, 0.3) is 0 Å². The van der Waals surface area contributed by atoms with E-state index < -0.39 is 0 Å². The van der Waals surface area contributed by atoms with Crippen molar-refractivity contribution in [1.82, 2.24) is 4.90 Å². The molecule has 0 amide bonds. The van der Waals surface area contributed by atoms with Crippen LogP contribution >= 0.6 is 24.0 Å². The van der Waals surface area contributed by atoms with Crippen LogP contribution in [0.15, 0.2) is 30.3 Å². The molecule has 1 fully saturated rings. The highest BCUT2D eigenvalue weighted by molar-refractivity contribution is 7.99. The zero-order chi connectivity index (χ0) is 14.2. The first kappa shape index (κ1) is 15.3. The van der Waals surface area contributed by atoms with Gasteiger partial charge in [0.15, 0.2) is 0 Å². The van der Waals surface area contributed by atoms with Gasteiger partial charge in [0.1, 0.15) is 0 Å². The van der Waals surface area contributed by atoms with Gasteiger partial charge >= 0.3 is 0 Å². The molecule has 1 saturated heterocycles. The molecule has 0 saturated carbocycles. The van der Waals surface area contributed by atoms with Crippen LogP contribution in [-0.2, 0) is 10.5 Å². The smallest absolute Gasteiger partial charge is 0.0982 e. The predicted molar refractivity (Wildman–Crippen MR) is 86.7 cm³/mol. The fourth-order valence-electron chi connectivity index (χ4n) is 2.01. The third-order valence-corrected chi connectivity index (χ3v) is 4.76. The molecule has 0 aromatic heterocycles.